The van der Waals surface area contributed by atoms with Gasteiger partial charge in [0.25, 0.3) is 0 Å². The third-order valence-electron chi connectivity index (χ3n) is 7.03. The Hall–Kier alpha value is -1.98. The molecule has 29 heavy (non-hydrogen) atoms. The van der Waals surface area contributed by atoms with E-state index in [2.05, 4.69) is 34.1 Å². The first-order valence-electron chi connectivity index (χ1n) is 11.4. The molecule has 2 fully saturated rings. The average Bonchev–Trinajstić information content (AvgIpc) is 3.46. The fourth-order valence-electron chi connectivity index (χ4n) is 5.57. The minimum absolute atomic E-state index is 0.263. The third kappa shape index (κ3) is 3.78. The van der Waals surface area contributed by atoms with Crippen LogP contribution in [0.5, 0.6) is 0 Å². The SMILES string of the molecule is OCCC1CN(c2nc(-c3ccccc3)nc3c2CCC3)CCN1C1CCCC1. The molecule has 5 nitrogen and oxygen atoms in total. The van der Waals surface area contributed by atoms with Gasteiger partial charge in [0.05, 0.1) is 0 Å². The highest BCUT2D eigenvalue weighted by atomic mass is 16.3. The molecule has 2 heterocycles. The van der Waals surface area contributed by atoms with Crippen LogP contribution >= 0.6 is 0 Å². The average molecular weight is 393 g/mol. The number of aliphatic hydroxyl groups is 1. The summed E-state index contributed by atoms with van der Waals surface area (Å²) in [4.78, 5) is 15.2. The van der Waals surface area contributed by atoms with Gasteiger partial charge >= 0.3 is 0 Å². The smallest absolute Gasteiger partial charge is 0.161 e. The van der Waals surface area contributed by atoms with Crippen LogP contribution in [0.15, 0.2) is 30.3 Å². The van der Waals surface area contributed by atoms with Crippen LogP contribution in [-0.4, -0.2) is 58.3 Å². The number of hydrogen-bond acceptors (Lipinski definition) is 5. The highest BCUT2D eigenvalue weighted by Gasteiger charge is 2.35. The molecule has 0 amide bonds. The van der Waals surface area contributed by atoms with Gasteiger partial charge in [-0.1, -0.05) is 43.2 Å². The zero-order valence-electron chi connectivity index (χ0n) is 17.3. The predicted octanol–water partition coefficient (Wildman–Crippen LogP) is 3.45. The highest BCUT2D eigenvalue weighted by molar-refractivity contribution is 5.61. The lowest BCUT2D eigenvalue weighted by atomic mass is 10.0. The van der Waals surface area contributed by atoms with E-state index in [4.69, 9.17) is 9.97 Å². The molecule has 154 valence electrons. The number of aromatic nitrogens is 2. The second-order valence-corrected chi connectivity index (χ2v) is 8.80. The van der Waals surface area contributed by atoms with E-state index in [0.29, 0.717) is 12.1 Å². The fourth-order valence-corrected chi connectivity index (χ4v) is 5.57. The maximum absolute atomic E-state index is 9.71. The van der Waals surface area contributed by atoms with Gasteiger partial charge in [0.1, 0.15) is 5.82 Å². The van der Waals surface area contributed by atoms with Gasteiger partial charge < -0.3 is 10.0 Å². The lowest BCUT2D eigenvalue weighted by Gasteiger charge is -2.45. The summed E-state index contributed by atoms with van der Waals surface area (Å²) in [7, 11) is 0. The monoisotopic (exact) mass is 392 g/mol. The van der Waals surface area contributed by atoms with Crippen LogP contribution in [-0.2, 0) is 12.8 Å². The van der Waals surface area contributed by atoms with E-state index in [1.54, 1.807) is 0 Å². The largest absolute Gasteiger partial charge is 0.396 e. The molecule has 5 heteroatoms. The van der Waals surface area contributed by atoms with E-state index in [1.165, 1.54) is 43.4 Å². The van der Waals surface area contributed by atoms with Crippen molar-refractivity contribution in [2.45, 2.75) is 63.5 Å². The van der Waals surface area contributed by atoms with Crippen molar-refractivity contribution in [3.8, 4) is 11.4 Å². The molecule has 1 aliphatic heterocycles. The maximum Gasteiger partial charge on any atom is 0.161 e. The lowest BCUT2D eigenvalue weighted by Crippen LogP contribution is -2.56. The van der Waals surface area contributed by atoms with Gasteiger partial charge in [0, 0.05) is 55.1 Å². The Morgan fingerprint density at radius 1 is 0.966 bits per heavy atom. The number of piperazine rings is 1. The topological polar surface area (TPSA) is 52.5 Å². The molecule has 5 rings (SSSR count). The van der Waals surface area contributed by atoms with Crippen LogP contribution in [0.25, 0.3) is 11.4 Å². The molecule has 0 spiro atoms. The summed E-state index contributed by atoms with van der Waals surface area (Å²) in [6, 6.07) is 11.5. The van der Waals surface area contributed by atoms with Crippen molar-refractivity contribution in [2.24, 2.45) is 0 Å². The van der Waals surface area contributed by atoms with Crippen LogP contribution in [0.2, 0.25) is 0 Å². The van der Waals surface area contributed by atoms with Gasteiger partial charge in [0.2, 0.25) is 0 Å². The second kappa shape index (κ2) is 8.41. The van der Waals surface area contributed by atoms with Gasteiger partial charge in [-0.2, -0.15) is 0 Å². The molecule has 0 radical (unpaired) electrons. The number of anilines is 1. The van der Waals surface area contributed by atoms with E-state index < -0.39 is 0 Å². The van der Waals surface area contributed by atoms with Crippen molar-refractivity contribution in [1.82, 2.24) is 14.9 Å². The molecule has 1 unspecified atom stereocenters. The Bertz CT molecular complexity index is 834. The summed E-state index contributed by atoms with van der Waals surface area (Å²) in [5.74, 6) is 2.01. The van der Waals surface area contributed by atoms with Gasteiger partial charge in [-0.3, -0.25) is 4.90 Å². The third-order valence-corrected chi connectivity index (χ3v) is 7.03. The number of fused-ring (bicyclic) bond motifs is 1. The molecule has 2 aliphatic carbocycles. The number of benzene rings is 1. The number of aliphatic hydroxyl groups excluding tert-OH is 1. The number of hydrogen-bond donors (Lipinski definition) is 1. The van der Waals surface area contributed by atoms with E-state index in [9.17, 15) is 5.11 Å². The lowest BCUT2D eigenvalue weighted by molar-refractivity contribution is 0.0981. The summed E-state index contributed by atoms with van der Waals surface area (Å²) < 4.78 is 0. The Morgan fingerprint density at radius 3 is 2.59 bits per heavy atom. The minimum Gasteiger partial charge on any atom is -0.396 e. The predicted molar refractivity (Wildman–Crippen MR) is 116 cm³/mol. The molecule has 1 aromatic carbocycles. The van der Waals surface area contributed by atoms with Crippen LogP contribution in [0.1, 0.15) is 49.8 Å². The van der Waals surface area contributed by atoms with Gasteiger partial charge in [0.15, 0.2) is 5.82 Å². The molecule has 1 N–H and O–H groups in total. The second-order valence-electron chi connectivity index (χ2n) is 8.80. The van der Waals surface area contributed by atoms with Gasteiger partial charge in [-0.15, -0.1) is 0 Å². The van der Waals surface area contributed by atoms with E-state index in [-0.39, 0.29) is 6.61 Å². The normalized spacial score (nSPS) is 22.9. The first-order chi connectivity index (χ1) is 14.3. The van der Waals surface area contributed by atoms with Gasteiger partial charge in [-0.25, -0.2) is 9.97 Å². The summed E-state index contributed by atoms with van der Waals surface area (Å²) in [5.41, 5.74) is 3.70. The Morgan fingerprint density at radius 2 is 1.79 bits per heavy atom. The Balaban J connectivity index is 1.45. The zero-order valence-corrected chi connectivity index (χ0v) is 17.3. The molecule has 3 aliphatic rings. The van der Waals surface area contributed by atoms with Crippen molar-refractivity contribution in [2.75, 3.05) is 31.1 Å². The maximum atomic E-state index is 9.71. The van der Waals surface area contributed by atoms with Crippen molar-refractivity contribution in [3.63, 3.8) is 0 Å². The first kappa shape index (κ1) is 19.0. The van der Waals surface area contributed by atoms with Crippen LogP contribution < -0.4 is 4.90 Å². The van der Waals surface area contributed by atoms with E-state index in [1.807, 2.05) is 6.07 Å². The Kier molecular flexibility index (Phi) is 5.51. The van der Waals surface area contributed by atoms with Gasteiger partial charge in [-0.05, 0) is 38.5 Å². The molecular weight excluding hydrogens is 360 g/mol. The zero-order chi connectivity index (χ0) is 19.6. The van der Waals surface area contributed by atoms with Crippen LogP contribution in [0.4, 0.5) is 5.82 Å². The van der Waals surface area contributed by atoms with E-state index >= 15 is 0 Å². The van der Waals surface area contributed by atoms with Crippen LogP contribution in [0, 0.1) is 0 Å². The Labute approximate surface area is 173 Å². The van der Waals surface area contributed by atoms with Crippen molar-refractivity contribution >= 4 is 5.82 Å². The quantitative estimate of drug-likeness (QED) is 0.845. The summed E-state index contributed by atoms with van der Waals surface area (Å²) in [5, 5.41) is 9.71. The molecular formula is C24H32N4O. The highest BCUT2D eigenvalue weighted by Crippen LogP contribution is 2.34. The van der Waals surface area contributed by atoms with Crippen molar-refractivity contribution < 1.29 is 5.11 Å². The molecule has 1 saturated carbocycles. The molecule has 1 atom stereocenters. The molecule has 2 aromatic rings. The number of rotatable bonds is 5. The molecule has 1 aromatic heterocycles. The summed E-state index contributed by atoms with van der Waals surface area (Å²) in [6.07, 6.45) is 9.54. The van der Waals surface area contributed by atoms with Crippen LogP contribution in [0.3, 0.4) is 0 Å². The fraction of sp³-hybridized carbons (Fsp3) is 0.583. The van der Waals surface area contributed by atoms with Crippen molar-refractivity contribution in [3.05, 3.63) is 41.6 Å². The minimum atomic E-state index is 0.263. The number of aryl methyl sites for hydroxylation is 1. The first-order valence-corrected chi connectivity index (χ1v) is 11.4. The molecule has 1 saturated heterocycles. The summed E-state index contributed by atoms with van der Waals surface area (Å²) >= 11 is 0. The van der Waals surface area contributed by atoms with Crippen molar-refractivity contribution in [1.29, 1.82) is 0 Å². The van der Waals surface area contributed by atoms with E-state index in [0.717, 1.165) is 56.1 Å². The standard InChI is InChI=1S/C24H32N4O/c29-16-13-20-17-27(14-15-28(20)19-9-4-5-10-19)24-21-11-6-12-22(21)25-23(26-24)18-7-2-1-3-8-18/h1-3,7-8,19-20,29H,4-6,9-17H2. The summed E-state index contributed by atoms with van der Waals surface area (Å²) in [6.45, 7) is 3.33. The molecule has 0 bridgehead atoms. The number of nitrogens with zero attached hydrogens (tertiary/aromatic N) is 4.